The molecule has 9 heteroatoms. The Bertz CT molecular complexity index is 648. The highest BCUT2D eigenvalue weighted by molar-refractivity contribution is 7.89. The van der Waals surface area contributed by atoms with Gasteiger partial charge in [-0.2, -0.15) is 13.5 Å². The third-order valence-electron chi connectivity index (χ3n) is 2.80. The number of hydrazone groups is 1. The Labute approximate surface area is 119 Å². The second-order valence-electron chi connectivity index (χ2n) is 4.39. The molecule has 0 amide bonds. The second kappa shape index (κ2) is 4.94. The van der Waals surface area contributed by atoms with Crippen LogP contribution in [0.1, 0.15) is 13.3 Å². The monoisotopic (exact) mass is 324 g/mol. The molecule has 5 nitrogen and oxygen atoms in total. The highest BCUT2D eigenvalue weighted by atomic mass is 35.5. The van der Waals surface area contributed by atoms with E-state index in [0.29, 0.717) is 5.02 Å². The molecule has 110 valence electrons. The quantitative estimate of drug-likeness (QED) is 0.925. The number of benzene rings is 1. The van der Waals surface area contributed by atoms with Crippen LogP contribution in [-0.4, -0.2) is 35.8 Å². The first-order chi connectivity index (χ1) is 9.18. The lowest BCUT2D eigenvalue weighted by Crippen LogP contribution is -2.51. The Balaban J connectivity index is 2.50. The summed E-state index contributed by atoms with van der Waals surface area (Å²) in [5.74, 6) is 0. The Kier molecular flexibility index (Phi) is 3.74. The summed E-state index contributed by atoms with van der Waals surface area (Å²) in [5, 5.41) is 13.7. The molecule has 0 aromatic heterocycles. The first-order valence-electron chi connectivity index (χ1n) is 5.53. The van der Waals surface area contributed by atoms with Gasteiger partial charge in [0.15, 0.2) is 0 Å². The standard InChI is InChI=1S/C11H11ClF2N2O3S/c1-7-6-11(17,10(13)14)16(15-7)20(18,19)9-4-2-8(12)3-5-9/h2-5,10,17H,6H2,1H3/t11-/m1/s1. The number of hydrogen-bond donors (Lipinski definition) is 1. The maximum absolute atomic E-state index is 13.0. The molecule has 1 aliphatic heterocycles. The number of sulfonamides is 1. The van der Waals surface area contributed by atoms with E-state index in [1.54, 1.807) is 0 Å². The zero-order chi connectivity index (χ0) is 15.1. The van der Waals surface area contributed by atoms with Gasteiger partial charge in [-0.05, 0) is 31.2 Å². The first-order valence-corrected chi connectivity index (χ1v) is 7.35. The number of halogens is 3. The first kappa shape index (κ1) is 15.1. The Morgan fingerprint density at radius 2 is 1.95 bits per heavy atom. The van der Waals surface area contributed by atoms with Gasteiger partial charge in [0.1, 0.15) is 0 Å². The van der Waals surface area contributed by atoms with Gasteiger partial charge in [0.2, 0.25) is 5.72 Å². The number of alkyl halides is 2. The van der Waals surface area contributed by atoms with Gasteiger partial charge in [-0.25, -0.2) is 8.78 Å². The zero-order valence-electron chi connectivity index (χ0n) is 10.3. The van der Waals surface area contributed by atoms with Crippen LogP contribution >= 0.6 is 11.6 Å². The molecule has 1 heterocycles. The smallest absolute Gasteiger partial charge is 0.288 e. The van der Waals surface area contributed by atoms with Gasteiger partial charge >= 0.3 is 0 Å². The van der Waals surface area contributed by atoms with Crippen LogP contribution in [0.25, 0.3) is 0 Å². The lowest BCUT2D eigenvalue weighted by atomic mass is 10.1. The van der Waals surface area contributed by atoms with Crippen molar-refractivity contribution in [3.05, 3.63) is 29.3 Å². The summed E-state index contributed by atoms with van der Waals surface area (Å²) in [6.45, 7) is 1.37. The average Bonchev–Trinajstić information content (AvgIpc) is 2.67. The van der Waals surface area contributed by atoms with Gasteiger partial charge in [0, 0.05) is 17.2 Å². The second-order valence-corrected chi connectivity index (χ2v) is 6.60. The molecule has 0 saturated heterocycles. The molecule has 0 spiro atoms. The van der Waals surface area contributed by atoms with Gasteiger partial charge in [0.25, 0.3) is 16.4 Å². The zero-order valence-corrected chi connectivity index (χ0v) is 11.9. The van der Waals surface area contributed by atoms with Crippen LogP contribution in [-0.2, 0) is 10.0 Å². The number of rotatable bonds is 3. The van der Waals surface area contributed by atoms with Crippen molar-refractivity contribution in [1.29, 1.82) is 0 Å². The van der Waals surface area contributed by atoms with Crippen LogP contribution < -0.4 is 0 Å². The number of hydrogen-bond acceptors (Lipinski definition) is 4. The molecule has 1 aliphatic rings. The van der Waals surface area contributed by atoms with E-state index in [4.69, 9.17) is 11.6 Å². The largest absolute Gasteiger partial charge is 0.364 e. The van der Waals surface area contributed by atoms with E-state index in [0.717, 1.165) is 12.1 Å². The molecule has 0 bridgehead atoms. The van der Waals surface area contributed by atoms with E-state index >= 15 is 0 Å². The minimum Gasteiger partial charge on any atom is -0.364 e. The molecule has 1 aromatic rings. The summed E-state index contributed by atoms with van der Waals surface area (Å²) in [5.41, 5.74) is -2.76. The molecule has 2 rings (SSSR count). The lowest BCUT2D eigenvalue weighted by Gasteiger charge is -2.30. The maximum Gasteiger partial charge on any atom is 0.288 e. The van der Waals surface area contributed by atoms with E-state index in [1.165, 1.54) is 19.1 Å². The summed E-state index contributed by atoms with van der Waals surface area (Å²) < 4.78 is 50.7. The predicted octanol–water partition coefficient (Wildman–Crippen LogP) is 2.06. The fourth-order valence-corrected chi connectivity index (χ4v) is 3.46. The molecular formula is C11H11ClF2N2O3S. The van der Waals surface area contributed by atoms with Crippen LogP contribution in [0.5, 0.6) is 0 Å². The Morgan fingerprint density at radius 1 is 1.40 bits per heavy atom. The third kappa shape index (κ3) is 2.38. The minimum absolute atomic E-state index is 0.0727. The fourth-order valence-electron chi connectivity index (χ4n) is 1.85. The highest BCUT2D eigenvalue weighted by Crippen LogP contribution is 2.36. The molecule has 20 heavy (non-hydrogen) atoms. The molecule has 1 aromatic carbocycles. The van der Waals surface area contributed by atoms with Gasteiger partial charge in [-0.15, -0.1) is 4.41 Å². The van der Waals surface area contributed by atoms with Gasteiger partial charge in [0.05, 0.1) is 4.90 Å². The van der Waals surface area contributed by atoms with Crippen molar-refractivity contribution in [1.82, 2.24) is 4.41 Å². The summed E-state index contributed by atoms with van der Waals surface area (Å²) >= 11 is 5.65. The van der Waals surface area contributed by atoms with Crippen molar-refractivity contribution in [3.63, 3.8) is 0 Å². The van der Waals surface area contributed by atoms with Crippen molar-refractivity contribution in [2.45, 2.75) is 30.4 Å². The van der Waals surface area contributed by atoms with Crippen molar-refractivity contribution >= 4 is 27.3 Å². The highest BCUT2D eigenvalue weighted by Gasteiger charge is 2.53. The average molecular weight is 325 g/mol. The molecule has 0 unspecified atom stereocenters. The summed E-state index contributed by atoms with van der Waals surface area (Å²) in [4.78, 5) is -0.278. The molecule has 0 saturated carbocycles. The van der Waals surface area contributed by atoms with Crippen LogP contribution in [0.3, 0.4) is 0 Å². The molecule has 0 radical (unpaired) electrons. The molecule has 0 fully saturated rings. The Morgan fingerprint density at radius 3 is 2.45 bits per heavy atom. The van der Waals surface area contributed by atoms with E-state index in [2.05, 4.69) is 5.10 Å². The minimum atomic E-state index is -4.38. The molecule has 1 atom stereocenters. The fraction of sp³-hybridized carbons (Fsp3) is 0.364. The summed E-state index contributed by atoms with van der Waals surface area (Å²) in [7, 11) is -4.38. The van der Waals surface area contributed by atoms with Crippen molar-refractivity contribution in [2.75, 3.05) is 0 Å². The van der Waals surface area contributed by atoms with Gasteiger partial charge in [-0.1, -0.05) is 11.6 Å². The number of nitrogens with zero attached hydrogens (tertiary/aromatic N) is 2. The van der Waals surface area contributed by atoms with Crippen molar-refractivity contribution < 1.29 is 22.3 Å². The summed E-state index contributed by atoms with van der Waals surface area (Å²) in [6.07, 6.45) is -3.83. The van der Waals surface area contributed by atoms with Crippen LogP contribution in [0, 0.1) is 0 Å². The lowest BCUT2D eigenvalue weighted by molar-refractivity contribution is -0.150. The van der Waals surface area contributed by atoms with E-state index < -0.39 is 28.6 Å². The topological polar surface area (TPSA) is 70.0 Å². The molecule has 0 aliphatic carbocycles. The number of aliphatic hydroxyl groups is 1. The molecule has 1 N–H and O–H groups in total. The summed E-state index contributed by atoms with van der Waals surface area (Å²) in [6, 6.07) is 4.93. The maximum atomic E-state index is 13.0. The van der Waals surface area contributed by atoms with Gasteiger partial charge < -0.3 is 5.11 Å². The SMILES string of the molecule is CC1=NN(S(=O)(=O)c2ccc(Cl)cc2)[C@](O)(C(F)F)C1. The van der Waals surface area contributed by atoms with Crippen LogP contribution in [0.2, 0.25) is 5.02 Å². The van der Waals surface area contributed by atoms with Crippen molar-refractivity contribution in [3.8, 4) is 0 Å². The van der Waals surface area contributed by atoms with E-state index in [1.807, 2.05) is 0 Å². The van der Waals surface area contributed by atoms with E-state index in [9.17, 15) is 22.3 Å². The molecular weight excluding hydrogens is 314 g/mol. The predicted molar refractivity (Wildman–Crippen MR) is 69.2 cm³/mol. The van der Waals surface area contributed by atoms with Crippen molar-refractivity contribution in [2.24, 2.45) is 5.10 Å². The van der Waals surface area contributed by atoms with Crippen LogP contribution in [0.4, 0.5) is 8.78 Å². The third-order valence-corrected chi connectivity index (χ3v) is 4.77. The van der Waals surface area contributed by atoms with E-state index in [-0.39, 0.29) is 15.0 Å². The normalized spacial score (nSPS) is 23.3. The Hall–Kier alpha value is -1.25. The van der Waals surface area contributed by atoms with Crippen LogP contribution in [0.15, 0.2) is 34.3 Å². The van der Waals surface area contributed by atoms with Gasteiger partial charge in [-0.3, -0.25) is 0 Å².